The number of aromatic hydroxyl groups is 1. The van der Waals surface area contributed by atoms with Gasteiger partial charge in [-0.15, -0.1) is 0 Å². The second kappa shape index (κ2) is 8.18. The summed E-state index contributed by atoms with van der Waals surface area (Å²) in [7, 11) is 0. The molecule has 4 saturated carbocycles. The van der Waals surface area contributed by atoms with Crippen molar-refractivity contribution in [1.29, 1.82) is 5.26 Å². The zero-order valence-electron chi connectivity index (χ0n) is 18.8. The van der Waals surface area contributed by atoms with E-state index in [4.69, 9.17) is 0 Å². The summed E-state index contributed by atoms with van der Waals surface area (Å²) in [5.41, 5.74) is 3.21. The molecule has 7 nitrogen and oxygen atoms in total. The van der Waals surface area contributed by atoms with Crippen LogP contribution in [0.2, 0.25) is 0 Å². The van der Waals surface area contributed by atoms with Gasteiger partial charge in [0.15, 0.2) is 0 Å². The fraction of sp³-hybridized carbons (Fsp3) is 0.462. The number of hydrazone groups is 1. The lowest BCUT2D eigenvalue weighted by Crippen LogP contribution is -2.52. The van der Waals surface area contributed by atoms with Gasteiger partial charge in [0.05, 0.1) is 23.7 Å². The molecule has 1 aromatic heterocycles. The van der Waals surface area contributed by atoms with E-state index in [0.29, 0.717) is 23.3 Å². The molecular weight excluding hydrogens is 416 g/mol. The monoisotopic (exact) mass is 444 g/mol. The van der Waals surface area contributed by atoms with Crippen molar-refractivity contribution in [2.24, 2.45) is 28.3 Å². The molecule has 0 spiro atoms. The molecule has 1 aromatic carbocycles. The van der Waals surface area contributed by atoms with Gasteiger partial charge in [-0.1, -0.05) is 30.3 Å². The first kappa shape index (κ1) is 21.4. The Hall–Kier alpha value is -3.40. The first-order valence-electron chi connectivity index (χ1n) is 11.6. The van der Waals surface area contributed by atoms with E-state index in [-0.39, 0.29) is 34.9 Å². The van der Waals surface area contributed by atoms with Crippen LogP contribution in [0.25, 0.3) is 0 Å². The Bertz CT molecular complexity index is 1190. The molecule has 4 aliphatic rings. The first-order valence-corrected chi connectivity index (χ1v) is 11.6. The topological polar surface area (TPSA) is 107 Å². The van der Waals surface area contributed by atoms with Gasteiger partial charge in [0.1, 0.15) is 11.6 Å². The summed E-state index contributed by atoms with van der Waals surface area (Å²) in [4.78, 5) is 26.0. The van der Waals surface area contributed by atoms with Crippen molar-refractivity contribution >= 4 is 12.1 Å². The van der Waals surface area contributed by atoms with Crippen LogP contribution in [-0.4, -0.2) is 21.8 Å². The maximum absolute atomic E-state index is 13.1. The smallest absolute Gasteiger partial charge is 0.271 e. The van der Waals surface area contributed by atoms with E-state index < -0.39 is 5.56 Å². The Morgan fingerprint density at radius 2 is 1.82 bits per heavy atom. The van der Waals surface area contributed by atoms with Crippen LogP contribution in [0.1, 0.15) is 60.8 Å². The molecule has 0 atom stereocenters. The van der Waals surface area contributed by atoms with Crippen LogP contribution >= 0.6 is 0 Å². The number of hydrogen-bond acceptors (Lipinski definition) is 5. The quantitative estimate of drug-likeness (QED) is 0.544. The van der Waals surface area contributed by atoms with Crippen molar-refractivity contribution in [3.8, 4) is 11.9 Å². The van der Waals surface area contributed by atoms with Gasteiger partial charge in [0.25, 0.3) is 5.56 Å². The highest BCUT2D eigenvalue weighted by atomic mass is 16.3. The molecule has 170 valence electrons. The van der Waals surface area contributed by atoms with Crippen LogP contribution < -0.4 is 11.0 Å². The first-order chi connectivity index (χ1) is 15.9. The minimum Gasteiger partial charge on any atom is -0.494 e. The van der Waals surface area contributed by atoms with Crippen LogP contribution in [0.5, 0.6) is 5.88 Å². The number of nitriles is 1. The van der Waals surface area contributed by atoms with Gasteiger partial charge in [-0.2, -0.15) is 10.4 Å². The Balaban J connectivity index is 1.41. The van der Waals surface area contributed by atoms with Crippen LogP contribution in [0.4, 0.5) is 0 Å². The van der Waals surface area contributed by atoms with Gasteiger partial charge in [-0.25, -0.2) is 5.43 Å². The van der Waals surface area contributed by atoms with Gasteiger partial charge in [-0.05, 0) is 74.3 Å². The van der Waals surface area contributed by atoms with Crippen molar-refractivity contribution in [1.82, 2.24) is 9.99 Å². The predicted molar refractivity (Wildman–Crippen MR) is 124 cm³/mol. The van der Waals surface area contributed by atoms with E-state index in [0.717, 1.165) is 24.8 Å². The molecule has 0 saturated heterocycles. The molecule has 4 fully saturated rings. The standard InChI is InChI=1S/C26H28N4O3/c1-16-21(13-27)23(31)30(15-17-5-3-2-4-6-17)24(32)22(16)14-28-29-25(33)26-10-18-7-19(11-26)9-20(8-18)12-26/h2-6,14,18-20,32H,7-12,15H2,1H3,(H,29,33)/b28-14+. The van der Waals surface area contributed by atoms with Crippen LogP contribution in [0.15, 0.2) is 40.2 Å². The van der Waals surface area contributed by atoms with Gasteiger partial charge in [-0.3, -0.25) is 14.2 Å². The van der Waals surface area contributed by atoms with Crippen molar-refractivity contribution in [3.05, 3.63) is 62.9 Å². The van der Waals surface area contributed by atoms with Crippen molar-refractivity contribution in [3.63, 3.8) is 0 Å². The highest BCUT2D eigenvalue weighted by Crippen LogP contribution is 2.60. The molecular formula is C26H28N4O3. The second-order valence-corrected chi connectivity index (χ2v) is 10.1. The Labute approximate surface area is 192 Å². The number of pyridine rings is 1. The minimum atomic E-state index is -0.550. The minimum absolute atomic E-state index is 0.0439. The van der Waals surface area contributed by atoms with Gasteiger partial charge >= 0.3 is 0 Å². The summed E-state index contributed by atoms with van der Waals surface area (Å²) in [6.07, 6.45) is 7.92. The summed E-state index contributed by atoms with van der Waals surface area (Å²) in [6.45, 7) is 1.73. The SMILES string of the molecule is Cc1c(/C=N/NC(=O)C23CC4CC(CC(C4)C2)C3)c(O)n(Cc2ccccc2)c(=O)c1C#N. The lowest BCUT2D eigenvalue weighted by molar-refractivity contribution is -0.146. The zero-order chi connectivity index (χ0) is 23.2. The van der Waals surface area contributed by atoms with E-state index in [2.05, 4.69) is 10.5 Å². The highest BCUT2D eigenvalue weighted by molar-refractivity contribution is 5.88. The zero-order valence-corrected chi connectivity index (χ0v) is 18.8. The molecule has 33 heavy (non-hydrogen) atoms. The molecule has 0 unspecified atom stereocenters. The number of carbonyl (C=O) groups excluding carboxylic acids is 1. The maximum Gasteiger partial charge on any atom is 0.271 e. The summed E-state index contributed by atoms with van der Waals surface area (Å²) < 4.78 is 1.17. The fourth-order valence-electron chi connectivity index (χ4n) is 6.70. The Morgan fingerprint density at radius 1 is 1.21 bits per heavy atom. The van der Waals surface area contributed by atoms with Crippen molar-refractivity contribution in [2.75, 3.05) is 0 Å². The molecule has 1 amide bonds. The molecule has 6 rings (SSSR count). The number of amides is 1. The van der Waals surface area contributed by atoms with Crippen LogP contribution in [0.3, 0.4) is 0 Å². The van der Waals surface area contributed by atoms with Gasteiger partial charge in [0, 0.05) is 0 Å². The summed E-state index contributed by atoms with van der Waals surface area (Å²) in [5, 5.41) is 24.6. The number of nitrogens with zero attached hydrogens (tertiary/aromatic N) is 3. The highest BCUT2D eigenvalue weighted by Gasteiger charge is 2.54. The third-order valence-corrected chi connectivity index (χ3v) is 7.91. The largest absolute Gasteiger partial charge is 0.494 e. The molecule has 4 aliphatic carbocycles. The molecule has 2 N–H and O–H groups in total. The third kappa shape index (κ3) is 3.74. The number of carbonyl (C=O) groups is 1. The predicted octanol–water partition coefficient (Wildman–Crippen LogP) is 3.45. The maximum atomic E-state index is 13.1. The normalized spacial score (nSPS) is 27.6. The van der Waals surface area contributed by atoms with E-state index in [1.165, 1.54) is 30.0 Å². The average molecular weight is 445 g/mol. The lowest BCUT2D eigenvalue weighted by Gasteiger charge is -2.55. The molecule has 7 heteroatoms. The molecule has 4 bridgehead atoms. The van der Waals surface area contributed by atoms with Gasteiger partial charge < -0.3 is 5.11 Å². The molecule has 0 aliphatic heterocycles. The van der Waals surface area contributed by atoms with E-state index >= 15 is 0 Å². The Kier molecular flexibility index (Phi) is 5.32. The van der Waals surface area contributed by atoms with Crippen molar-refractivity contribution in [2.45, 2.75) is 52.0 Å². The number of rotatable bonds is 5. The lowest BCUT2D eigenvalue weighted by atomic mass is 9.49. The number of nitrogens with one attached hydrogen (secondary N) is 1. The van der Waals surface area contributed by atoms with Crippen LogP contribution in [-0.2, 0) is 11.3 Å². The second-order valence-electron chi connectivity index (χ2n) is 10.1. The van der Waals surface area contributed by atoms with E-state index in [1.807, 2.05) is 36.4 Å². The average Bonchev–Trinajstić information content (AvgIpc) is 2.79. The number of aromatic nitrogens is 1. The summed E-state index contributed by atoms with van der Waals surface area (Å²) in [6, 6.07) is 11.2. The summed E-state index contributed by atoms with van der Waals surface area (Å²) in [5.74, 6) is 1.63. The Morgan fingerprint density at radius 3 is 2.39 bits per heavy atom. The molecule has 2 aromatic rings. The summed E-state index contributed by atoms with van der Waals surface area (Å²) >= 11 is 0. The molecule has 0 radical (unpaired) electrons. The number of benzene rings is 1. The van der Waals surface area contributed by atoms with E-state index in [1.54, 1.807) is 6.92 Å². The third-order valence-electron chi connectivity index (χ3n) is 7.91. The number of hydrogen-bond donors (Lipinski definition) is 2. The van der Waals surface area contributed by atoms with Crippen LogP contribution in [0, 0.1) is 41.4 Å². The molecule has 1 heterocycles. The van der Waals surface area contributed by atoms with E-state index in [9.17, 15) is 20.0 Å². The van der Waals surface area contributed by atoms with Gasteiger partial charge in [0.2, 0.25) is 11.8 Å². The fourth-order valence-corrected chi connectivity index (χ4v) is 6.70. The van der Waals surface area contributed by atoms with Crippen molar-refractivity contribution < 1.29 is 9.90 Å².